The Labute approximate surface area is 107 Å². The highest BCUT2D eigenvalue weighted by Crippen LogP contribution is 2.17. The van der Waals surface area contributed by atoms with Crippen LogP contribution in [0.25, 0.3) is 0 Å². The third kappa shape index (κ3) is 4.83. The smallest absolute Gasteiger partial charge is 0.224 e. The van der Waals surface area contributed by atoms with Crippen LogP contribution in [-0.4, -0.2) is 42.8 Å². The highest BCUT2D eigenvalue weighted by Gasteiger charge is 2.24. The lowest BCUT2D eigenvalue weighted by Crippen LogP contribution is -2.42. The summed E-state index contributed by atoms with van der Waals surface area (Å²) in [5.41, 5.74) is 0. The number of amides is 1. The van der Waals surface area contributed by atoms with Gasteiger partial charge in [-0.25, -0.2) is 0 Å². The summed E-state index contributed by atoms with van der Waals surface area (Å²) in [6.45, 7) is 3.27. The largest absolute Gasteiger partial charge is 0.359 e. The van der Waals surface area contributed by atoms with Crippen molar-refractivity contribution in [1.29, 1.82) is 0 Å². The molecule has 0 radical (unpaired) electrons. The van der Waals surface area contributed by atoms with Gasteiger partial charge in [-0.3, -0.25) is 4.79 Å². The second-order valence-corrected chi connectivity index (χ2v) is 5.30. The van der Waals surface area contributed by atoms with Crippen LogP contribution in [0.5, 0.6) is 0 Å². The topological polar surface area (TPSA) is 32.3 Å². The molecule has 1 atom stereocenters. The fourth-order valence-corrected chi connectivity index (χ4v) is 2.68. The first-order valence-corrected chi connectivity index (χ1v) is 7.40. The van der Waals surface area contributed by atoms with Gasteiger partial charge in [-0.2, -0.15) is 0 Å². The lowest BCUT2D eigenvalue weighted by atomic mass is 9.97. The Morgan fingerprint density at radius 1 is 1.44 bits per heavy atom. The molecule has 0 saturated carbocycles. The van der Waals surface area contributed by atoms with Gasteiger partial charge in [0, 0.05) is 18.9 Å². The summed E-state index contributed by atoms with van der Waals surface area (Å²) in [4.78, 5) is 14.0. The average Bonchev–Trinajstić information content (AvgIpc) is 2.34. The molecule has 94 valence electrons. The van der Waals surface area contributed by atoms with E-state index in [0.29, 0.717) is 0 Å². The highest BCUT2D eigenvalue weighted by molar-refractivity contribution is 9.09. The fourth-order valence-electron chi connectivity index (χ4n) is 2.28. The predicted molar refractivity (Wildman–Crippen MR) is 70.9 cm³/mol. The van der Waals surface area contributed by atoms with Crippen LogP contribution in [-0.2, 0) is 4.79 Å². The molecule has 0 aromatic carbocycles. The van der Waals surface area contributed by atoms with Crippen LogP contribution in [0.1, 0.15) is 32.1 Å². The molecule has 1 unspecified atom stereocenters. The zero-order valence-corrected chi connectivity index (χ0v) is 11.8. The van der Waals surface area contributed by atoms with Crippen molar-refractivity contribution in [2.45, 2.75) is 32.1 Å². The van der Waals surface area contributed by atoms with Gasteiger partial charge in [0.05, 0.1) is 5.92 Å². The Morgan fingerprint density at radius 2 is 2.25 bits per heavy atom. The number of likely N-dealkylation sites (tertiary alicyclic amines) is 1. The number of hydrogen-bond donors (Lipinski definition) is 1. The van der Waals surface area contributed by atoms with Gasteiger partial charge in [0.15, 0.2) is 0 Å². The Kier molecular flexibility index (Phi) is 7.05. The second-order valence-electron chi connectivity index (χ2n) is 4.50. The molecule has 0 spiro atoms. The number of nitrogens with one attached hydrogen (secondary N) is 1. The molecule has 1 fully saturated rings. The summed E-state index contributed by atoms with van der Waals surface area (Å²) in [5.74, 6) is 0.431. The van der Waals surface area contributed by atoms with Gasteiger partial charge in [0.25, 0.3) is 0 Å². The van der Waals surface area contributed by atoms with Crippen molar-refractivity contribution in [2.75, 3.05) is 32.0 Å². The maximum absolute atomic E-state index is 11.5. The Hall–Kier alpha value is -0.0900. The molecule has 0 aliphatic carbocycles. The van der Waals surface area contributed by atoms with Crippen molar-refractivity contribution in [3.8, 4) is 0 Å². The molecule has 1 N–H and O–H groups in total. The standard InChI is InChI=1S/C12H23BrN2O/c1-14-12(16)11-6-5-9-15(10-11)8-4-2-3-7-13/h11H,2-10H2,1H3,(H,14,16). The number of carbonyl (C=O) groups excluding carboxylic acids is 1. The molecular formula is C12H23BrN2O. The van der Waals surface area contributed by atoms with Crippen LogP contribution in [0, 0.1) is 5.92 Å². The van der Waals surface area contributed by atoms with Crippen LogP contribution in [0.15, 0.2) is 0 Å². The third-order valence-electron chi connectivity index (χ3n) is 3.23. The number of piperidine rings is 1. The molecule has 3 nitrogen and oxygen atoms in total. The minimum Gasteiger partial charge on any atom is -0.359 e. The molecule has 0 aromatic rings. The van der Waals surface area contributed by atoms with Crippen LogP contribution < -0.4 is 5.32 Å². The number of unbranched alkanes of at least 4 members (excludes halogenated alkanes) is 2. The Morgan fingerprint density at radius 3 is 2.94 bits per heavy atom. The van der Waals surface area contributed by atoms with E-state index in [1.165, 1.54) is 25.8 Å². The lowest BCUT2D eigenvalue weighted by molar-refractivity contribution is -0.126. The maximum Gasteiger partial charge on any atom is 0.224 e. The van der Waals surface area contributed by atoms with Crippen molar-refractivity contribution >= 4 is 21.8 Å². The first kappa shape index (κ1) is 14.0. The van der Waals surface area contributed by atoms with E-state index in [0.717, 1.165) is 31.3 Å². The molecule has 1 aliphatic heterocycles. The van der Waals surface area contributed by atoms with Crippen LogP contribution in [0.2, 0.25) is 0 Å². The quantitative estimate of drug-likeness (QED) is 0.600. The van der Waals surface area contributed by atoms with Gasteiger partial charge in [0.2, 0.25) is 5.91 Å². The van der Waals surface area contributed by atoms with Gasteiger partial charge >= 0.3 is 0 Å². The molecule has 1 rings (SSSR count). The Balaban J connectivity index is 2.20. The van der Waals surface area contributed by atoms with E-state index in [9.17, 15) is 4.79 Å². The van der Waals surface area contributed by atoms with Gasteiger partial charge in [0.1, 0.15) is 0 Å². The van der Waals surface area contributed by atoms with Crippen LogP contribution >= 0.6 is 15.9 Å². The van der Waals surface area contributed by atoms with E-state index in [2.05, 4.69) is 26.1 Å². The molecule has 4 heteroatoms. The molecule has 1 saturated heterocycles. The summed E-state index contributed by atoms with van der Waals surface area (Å²) in [6.07, 6.45) is 6.01. The molecule has 0 aromatic heterocycles. The van der Waals surface area contributed by atoms with Gasteiger partial charge in [-0.15, -0.1) is 0 Å². The second kappa shape index (κ2) is 8.07. The number of carbonyl (C=O) groups is 1. The third-order valence-corrected chi connectivity index (χ3v) is 3.79. The molecule has 1 heterocycles. The lowest BCUT2D eigenvalue weighted by Gasteiger charge is -2.31. The van der Waals surface area contributed by atoms with E-state index in [1.807, 2.05) is 0 Å². The summed E-state index contributed by atoms with van der Waals surface area (Å²) < 4.78 is 0. The zero-order chi connectivity index (χ0) is 11.8. The summed E-state index contributed by atoms with van der Waals surface area (Å²) in [6, 6.07) is 0. The van der Waals surface area contributed by atoms with E-state index >= 15 is 0 Å². The predicted octanol–water partition coefficient (Wildman–Crippen LogP) is 2.01. The van der Waals surface area contributed by atoms with Crippen molar-refractivity contribution in [3.05, 3.63) is 0 Å². The van der Waals surface area contributed by atoms with Gasteiger partial charge in [-0.05, 0) is 38.8 Å². The summed E-state index contributed by atoms with van der Waals surface area (Å²) in [7, 11) is 1.73. The highest BCUT2D eigenvalue weighted by atomic mass is 79.9. The summed E-state index contributed by atoms with van der Waals surface area (Å²) in [5, 5.41) is 3.86. The van der Waals surface area contributed by atoms with E-state index in [1.54, 1.807) is 7.05 Å². The first-order valence-electron chi connectivity index (χ1n) is 6.28. The van der Waals surface area contributed by atoms with Gasteiger partial charge < -0.3 is 10.2 Å². The van der Waals surface area contributed by atoms with Crippen molar-refractivity contribution in [2.24, 2.45) is 5.92 Å². The monoisotopic (exact) mass is 290 g/mol. The molecule has 1 aliphatic rings. The van der Waals surface area contributed by atoms with E-state index < -0.39 is 0 Å². The van der Waals surface area contributed by atoms with Crippen molar-refractivity contribution in [3.63, 3.8) is 0 Å². The van der Waals surface area contributed by atoms with Gasteiger partial charge in [-0.1, -0.05) is 22.4 Å². The summed E-state index contributed by atoms with van der Waals surface area (Å²) >= 11 is 3.45. The van der Waals surface area contributed by atoms with Crippen molar-refractivity contribution < 1.29 is 4.79 Å². The minimum atomic E-state index is 0.213. The average molecular weight is 291 g/mol. The fraction of sp³-hybridized carbons (Fsp3) is 0.917. The number of nitrogens with zero attached hydrogens (tertiary/aromatic N) is 1. The number of hydrogen-bond acceptors (Lipinski definition) is 2. The molecule has 16 heavy (non-hydrogen) atoms. The molecule has 0 bridgehead atoms. The first-order chi connectivity index (χ1) is 7.77. The number of halogens is 1. The minimum absolute atomic E-state index is 0.213. The van der Waals surface area contributed by atoms with Crippen molar-refractivity contribution in [1.82, 2.24) is 10.2 Å². The maximum atomic E-state index is 11.5. The SMILES string of the molecule is CNC(=O)C1CCCN(CCCCCBr)C1. The molecular weight excluding hydrogens is 268 g/mol. The number of rotatable bonds is 6. The molecule has 1 amide bonds. The zero-order valence-electron chi connectivity index (χ0n) is 10.2. The van der Waals surface area contributed by atoms with Crippen LogP contribution in [0.4, 0.5) is 0 Å². The van der Waals surface area contributed by atoms with Crippen LogP contribution in [0.3, 0.4) is 0 Å². The van der Waals surface area contributed by atoms with E-state index in [4.69, 9.17) is 0 Å². The number of alkyl halides is 1. The normalized spacial score (nSPS) is 22.0. The van der Waals surface area contributed by atoms with E-state index in [-0.39, 0.29) is 11.8 Å². The Bertz CT molecular complexity index is 211.